The van der Waals surface area contributed by atoms with Gasteiger partial charge in [0.25, 0.3) is 5.91 Å². The Morgan fingerprint density at radius 1 is 1.11 bits per heavy atom. The predicted octanol–water partition coefficient (Wildman–Crippen LogP) is 4.45. The quantitative estimate of drug-likeness (QED) is 0.295. The summed E-state index contributed by atoms with van der Waals surface area (Å²) in [6.07, 6.45) is -3.19. The van der Waals surface area contributed by atoms with Crippen LogP contribution in [-0.4, -0.2) is 78.4 Å². The Morgan fingerprint density at radius 3 is 2.33 bits per heavy atom. The van der Waals surface area contributed by atoms with E-state index in [-0.39, 0.29) is 34.5 Å². The number of hydrogen-bond acceptors (Lipinski definition) is 8. The number of fused-ring (bicyclic) bond motifs is 1. The smallest absolute Gasteiger partial charge is 0.471 e. The molecule has 1 saturated heterocycles. The maximum absolute atomic E-state index is 13.9. The van der Waals surface area contributed by atoms with Gasteiger partial charge in [0.05, 0.1) is 32.1 Å². The molecule has 1 aromatic carbocycles. The number of halogens is 3. The molecule has 0 bridgehead atoms. The van der Waals surface area contributed by atoms with Crippen molar-refractivity contribution in [3.8, 4) is 11.5 Å². The first-order valence-electron chi connectivity index (χ1n) is 14.5. The lowest BCUT2D eigenvalue weighted by atomic mass is 9.84. The molecule has 0 aliphatic carbocycles. The van der Waals surface area contributed by atoms with Crippen LogP contribution in [0.3, 0.4) is 0 Å². The Morgan fingerprint density at radius 2 is 1.78 bits per heavy atom. The monoisotopic (exact) mass is 633 g/mol. The van der Waals surface area contributed by atoms with Crippen molar-refractivity contribution in [2.24, 2.45) is 0 Å². The fraction of sp³-hybridized carbons (Fsp3) is 0.484. The minimum Gasteiger partial charge on any atom is -0.494 e. The van der Waals surface area contributed by atoms with Crippen molar-refractivity contribution >= 4 is 40.0 Å². The van der Waals surface area contributed by atoms with Crippen LogP contribution < -0.4 is 25.0 Å². The van der Waals surface area contributed by atoms with Crippen LogP contribution in [0.25, 0.3) is 10.9 Å². The number of ketones is 1. The zero-order valence-corrected chi connectivity index (χ0v) is 26.1. The molecule has 3 heterocycles. The van der Waals surface area contributed by atoms with Crippen molar-refractivity contribution in [2.45, 2.75) is 64.8 Å². The average Bonchev–Trinajstić information content (AvgIpc) is 3.30. The number of nitrogens with zero attached hydrogens (tertiary/aromatic N) is 3. The minimum atomic E-state index is -5.23. The molecule has 0 atom stereocenters. The summed E-state index contributed by atoms with van der Waals surface area (Å²) in [6.45, 7) is 8.40. The molecule has 3 aromatic rings. The number of piperidine rings is 1. The number of ether oxygens (including phenoxy) is 2. The van der Waals surface area contributed by atoms with Crippen LogP contribution >= 0.6 is 0 Å². The van der Waals surface area contributed by atoms with Crippen LogP contribution in [0.1, 0.15) is 66.9 Å². The van der Waals surface area contributed by atoms with Crippen molar-refractivity contribution in [1.82, 2.24) is 14.9 Å². The van der Waals surface area contributed by atoms with Gasteiger partial charge in [0.15, 0.2) is 17.2 Å². The van der Waals surface area contributed by atoms with E-state index in [9.17, 15) is 32.7 Å². The number of aromatic nitrogens is 2. The minimum absolute atomic E-state index is 0.0859. The van der Waals surface area contributed by atoms with Crippen LogP contribution in [0.4, 0.5) is 24.7 Å². The van der Waals surface area contributed by atoms with Crippen molar-refractivity contribution in [1.29, 1.82) is 0 Å². The van der Waals surface area contributed by atoms with Crippen molar-refractivity contribution in [2.75, 3.05) is 44.1 Å². The zero-order chi connectivity index (χ0) is 33.3. The molecule has 244 valence electrons. The molecule has 1 aliphatic rings. The number of rotatable bonds is 9. The number of carbonyl (C=O) groups excluding carboxylic acids is 3. The maximum Gasteiger partial charge on any atom is 0.471 e. The van der Waals surface area contributed by atoms with Gasteiger partial charge in [-0.15, -0.1) is 0 Å². The van der Waals surface area contributed by atoms with Gasteiger partial charge in [-0.2, -0.15) is 13.2 Å². The molecule has 11 nitrogen and oxygen atoms in total. The molecule has 0 spiro atoms. The van der Waals surface area contributed by atoms with E-state index < -0.39 is 47.7 Å². The molecule has 0 radical (unpaired) electrons. The van der Waals surface area contributed by atoms with E-state index >= 15 is 0 Å². The number of amides is 2. The summed E-state index contributed by atoms with van der Waals surface area (Å²) in [5.74, 6) is -3.09. The number of aliphatic hydroxyl groups excluding tert-OH is 1. The van der Waals surface area contributed by atoms with Gasteiger partial charge in [-0.3, -0.25) is 14.4 Å². The number of benzene rings is 1. The Labute approximate surface area is 258 Å². The highest BCUT2D eigenvalue weighted by molar-refractivity contribution is 6.06. The molecule has 1 aliphatic heterocycles. The topological polar surface area (TPSA) is 135 Å². The van der Waals surface area contributed by atoms with E-state index in [4.69, 9.17) is 9.47 Å². The lowest BCUT2D eigenvalue weighted by molar-refractivity contribution is -0.167. The van der Waals surface area contributed by atoms with E-state index in [0.29, 0.717) is 37.4 Å². The lowest BCUT2D eigenvalue weighted by Crippen LogP contribution is -2.36. The highest BCUT2D eigenvalue weighted by Crippen LogP contribution is 2.41. The van der Waals surface area contributed by atoms with Crippen LogP contribution in [-0.2, 0) is 16.8 Å². The van der Waals surface area contributed by atoms with Gasteiger partial charge >= 0.3 is 12.1 Å². The third kappa shape index (κ3) is 7.16. The second-order valence-corrected chi connectivity index (χ2v) is 11.8. The summed E-state index contributed by atoms with van der Waals surface area (Å²) in [4.78, 5) is 44.9. The molecule has 2 aromatic heterocycles. The fourth-order valence-corrected chi connectivity index (χ4v) is 5.28. The van der Waals surface area contributed by atoms with Crippen LogP contribution in [0.2, 0.25) is 0 Å². The molecular formula is C31H38F3N5O6. The molecular weight excluding hydrogens is 595 g/mol. The van der Waals surface area contributed by atoms with E-state index in [1.54, 1.807) is 26.2 Å². The number of methoxy groups -OCH3 is 1. The number of pyridine rings is 1. The van der Waals surface area contributed by atoms with Crippen molar-refractivity contribution in [3.05, 3.63) is 41.2 Å². The first-order chi connectivity index (χ1) is 21.1. The van der Waals surface area contributed by atoms with Gasteiger partial charge in [-0.1, -0.05) is 20.8 Å². The summed E-state index contributed by atoms with van der Waals surface area (Å²) in [7, 11) is 2.91. The number of alkyl halides is 3. The number of anilines is 2. The van der Waals surface area contributed by atoms with Crippen molar-refractivity contribution in [3.63, 3.8) is 0 Å². The zero-order valence-electron chi connectivity index (χ0n) is 26.1. The average molecular weight is 634 g/mol. The maximum atomic E-state index is 13.9. The highest BCUT2D eigenvalue weighted by atomic mass is 19.4. The molecule has 45 heavy (non-hydrogen) atoms. The molecule has 3 N–H and O–H groups in total. The Bertz CT molecular complexity index is 1600. The third-order valence-electron chi connectivity index (χ3n) is 7.58. The molecule has 14 heteroatoms. The number of carbonyl (C=O) groups is 3. The SMILES string of the molecule is CCOc1cc2cn(CC(=O)c3cc(N4CCC(O)CC4)c(OC)c(C(C)(C)C)c3)c(NC(=O)C(F)(F)F)c2nc1C(=O)NC. The number of aliphatic hydroxyl groups is 1. The predicted molar refractivity (Wildman–Crippen MR) is 162 cm³/mol. The summed E-state index contributed by atoms with van der Waals surface area (Å²) in [6, 6.07) is 4.81. The second kappa shape index (κ2) is 13.0. The molecule has 4 rings (SSSR count). The van der Waals surface area contributed by atoms with Gasteiger partial charge < -0.3 is 34.7 Å². The first kappa shape index (κ1) is 33.6. The molecule has 0 saturated carbocycles. The third-order valence-corrected chi connectivity index (χ3v) is 7.58. The van der Waals surface area contributed by atoms with Crippen LogP contribution in [0, 0.1) is 0 Å². The summed E-state index contributed by atoms with van der Waals surface area (Å²) in [5.41, 5.74) is 0.928. The summed E-state index contributed by atoms with van der Waals surface area (Å²) in [5, 5.41) is 14.6. The van der Waals surface area contributed by atoms with Gasteiger partial charge in [0.1, 0.15) is 17.1 Å². The first-order valence-corrected chi connectivity index (χ1v) is 14.5. The Balaban J connectivity index is 1.85. The Kier molecular flexibility index (Phi) is 9.66. The standard InChI is InChI=1S/C31H38F3N5O6/c1-7-45-23-14-18-15-39(27(37-29(43)31(32,33)34)24(18)36-25(23)28(42)35-5)16-22(41)17-12-20(30(2,3)4)26(44-6)21(13-17)38-10-8-19(40)9-11-38/h12-15,19,40H,7-11,16H2,1-6H3,(H,35,42)(H,37,43). The van der Waals surface area contributed by atoms with Gasteiger partial charge in [0, 0.05) is 42.8 Å². The summed E-state index contributed by atoms with van der Waals surface area (Å²) >= 11 is 0. The highest BCUT2D eigenvalue weighted by Gasteiger charge is 2.40. The van der Waals surface area contributed by atoms with Crippen LogP contribution in [0.15, 0.2) is 24.4 Å². The van der Waals surface area contributed by atoms with Crippen LogP contribution in [0.5, 0.6) is 11.5 Å². The largest absolute Gasteiger partial charge is 0.494 e. The number of Topliss-reactive ketones (excluding diaryl/α,β-unsaturated/α-hetero) is 1. The number of hydrogen-bond donors (Lipinski definition) is 3. The van der Waals surface area contributed by atoms with E-state index in [1.807, 2.05) is 31.0 Å². The van der Waals surface area contributed by atoms with E-state index in [1.165, 1.54) is 23.9 Å². The normalized spacial score (nSPS) is 14.4. The number of nitrogens with one attached hydrogen (secondary N) is 2. The molecule has 1 fully saturated rings. The van der Waals surface area contributed by atoms with Gasteiger partial charge in [-0.05, 0) is 43.4 Å². The lowest BCUT2D eigenvalue weighted by Gasteiger charge is -2.34. The van der Waals surface area contributed by atoms with Crippen molar-refractivity contribution < 1.29 is 42.1 Å². The van der Waals surface area contributed by atoms with E-state index in [2.05, 4.69) is 10.3 Å². The van der Waals surface area contributed by atoms with Gasteiger partial charge in [0.2, 0.25) is 0 Å². The van der Waals surface area contributed by atoms with E-state index in [0.717, 1.165) is 5.56 Å². The second-order valence-electron chi connectivity index (χ2n) is 11.8. The molecule has 2 amide bonds. The molecule has 0 unspecified atom stereocenters. The van der Waals surface area contributed by atoms with Gasteiger partial charge in [-0.25, -0.2) is 4.98 Å². The fourth-order valence-electron chi connectivity index (χ4n) is 5.28. The summed E-state index contributed by atoms with van der Waals surface area (Å²) < 4.78 is 52.7. The Hall–Kier alpha value is -4.33.